The van der Waals surface area contributed by atoms with E-state index < -0.39 is 14.5 Å². The van der Waals surface area contributed by atoms with Crippen molar-refractivity contribution in [3.05, 3.63) is 12.2 Å². The lowest BCUT2D eigenvalue weighted by Crippen LogP contribution is -2.40. The van der Waals surface area contributed by atoms with Crippen molar-refractivity contribution in [2.75, 3.05) is 19.6 Å². The normalized spacial score (nSPS) is 11.9. The number of carbonyl (C=O) groups excluding carboxylic acids is 2. The maximum Gasteiger partial charge on any atom is 0.328 e. The van der Waals surface area contributed by atoms with Crippen molar-refractivity contribution in [1.82, 2.24) is 16.0 Å². The van der Waals surface area contributed by atoms with Crippen molar-refractivity contribution < 1.29 is 23.2 Å². The van der Waals surface area contributed by atoms with Crippen LogP contribution in [0.4, 0.5) is 4.79 Å². The Morgan fingerprint density at radius 2 is 1.70 bits per heavy atom. The predicted molar refractivity (Wildman–Crippen MR) is 87.8 cm³/mol. The van der Waals surface area contributed by atoms with E-state index in [1.165, 1.54) is 0 Å². The zero-order chi connectivity index (χ0) is 17.5. The number of carbonyl (C=O) groups is 2. The Kier molecular flexibility index (Phi) is 13.4. The van der Waals surface area contributed by atoms with Crippen molar-refractivity contribution >= 4 is 29.1 Å². The van der Waals surface area contributed by atoms with Crippen LogP contribution in [-0.2, 0) is 18.4 Å². The van der Waals surface area contributed by atoms with Crippen LogP contribution in [0.2, 0.25) is 0 Å². The van der Waals surface area contributed by atoms with E-state index in [9.17, 15) is 18.7 Å². The monoisotopic (exact) mass is 363 g/mol. The number of hydrogen-bond donors (Lipinski definition) is 3. The second kappa shape index (κ2) is 14.2. The van der Waals surface area contributed by atoms with E-state index in [2.05, 4.69) is 22.5 Å². The number of amides is 3. The van der Waals surface area contributed by atoms with Gasteiger partial charge in [0.1, 0.15) is 0 Å². The first kappa shape index (κ1) is 21.6. The van der Waals surface area contributed by atoms with Gasteiger partial charge in [-0.3, -0.25) is 13.9 Å². The third-order valence-electron chi connectivity index (χ3n) is 2.78. The molecule has 8 nitrogen and oxygen atoms in total. The van der Waals surface area contributed by atoms with Crippen LogP contribution < -0.4 is 16.0 Å². The van der Waals surface area contributed by atoms with Gasteiger partial charge in [0.25, 0.3) is 0 Å². The topological polar surface area (TPSA) is 114 Å². The molecule has 0 aliphatic rings. The lowest BCUT2D eigenvalue weighted by molar-refractivity contribution is -0.117. The molecule has 10 heteroatoms. The summed E-state index contributed by atoms with van der Waals surface area (Å²) in [5, 5.41) is 7.92. The van der Waals surface area contributed by atoms with Crippen molar-refractivity contribution in [2.24, 2.45) is 0 Å². The highest BCUT2D eigenvalue weighted by molar-refractivity contribution is 7.26. The fourth-order valence-electron chi connectivity index (χ4n) is 1.56. The van der Waals surface area contributed by atoms with Gasteiger partial charge in [-0.1, -0.05) is 13.0 Å². The van der Waals surface area contributed by atoms with Crippen LogP contribution in [0.25, 0.3) is 0 Å². The van der Waals surface area contributed by atoms with E-state index in [-0.39, 0.29) is 20.4 Å². The molecule has 0 rings (SSSR count). The van der Waals surface area contributed by atoms with Gasteiger partial charge in [0.05, 0.1) is 0 Å². The molecule has 0 bridgehead atoms. The maximum absolute atomic E-state index is 11.4. The third kappa shape index (κ3) is 12.8. The van der Waals surface area contributed by atoms with Crippen LogP contribution in [0.15, 0.2) is 12.2 Å². The number of rotatable bonds is 13. The number of unbranched alkanes of at least 4 members (excludes halogenated alkanes) is 2. The minimum atomic E-state index is -0.542. The summed E-state index contributed by atoms with van der Waals surface area (Å²) in [6.07, 6.45) is 2.93. The summed E-state index contributed by atoms with van der Waals surface area (Å²) in [5.41, 5.74) is 0.424. The van der Waals surface area contributed by atoms with Crippen molar-refractivity contribution in [2.45, 2.75) is 38.5 Å². The molecule has 3 N–H and O–H groups in total. The van der Waals surface area contributed by atoms with Gasteiger partial charge in [-0.25, -0.2) is 9.36 Å². The Morgan fingerprint density at radius 3 is 2.30 bits per heavy atom. The molecule has 23 heavy (non-hydrogen) atoms. The fraction of sp³-hybridized carbons (Fsp3) is 0.692. The van der Waals surface area contributed by atoms with E-state index in [1.807, 2.05) is 0 Å². The van der Waals surface area contributed by atoms with Gasteiger partial charge in [0.15, 0.2) is 14.3 Å². The lowest BCUT2D eigenvalue weighted by atomic mass is 10.2. The first-order valence-electron chi connectivity index (χ1n) is 7.27. The highest BCUT2D eigenvalue weighted by atomic mass is 31.1. The SMILES string of the molecule is C=C(C)C(=O)NCCNC(=O)NCCCCCC(OP=O)P=O. The molecule has 0 fully saturated rings. The zero-order valence-electron chi connectivity index (χ0n) is 13.2. The van der Waals surface area contributed by atoms with Gasteiger partial charge < -0.3 is 16.0 Å². The molecule has 3 amide bonds. The van der Waals surface area contributed by atoms with E-state index in [0.29, 0.717) is 31.6 Å². The van der Waals surface area contributed by atoms with Gasteiger partial charge in [0.2, 0.25) is 5.91 Å². The molecular weight excluding hydrogens is 340 g/mol. The molecule has 0 aliphatic carbocycles. The Morgan fingerprint density at radius 1 is 1.04 bits per heavy atom. The summed E-state index contributed by atoms with van der Waals surface area (Å²) in [6, 6.07) is -0.293. The predicted octanol–water partition coefficient (Wildman–Crippen LogP) is 2.38. The van der Waals surface area contributed by atoms with Crippen molar-refractivity contribution in [3.63, 3.8) is 0 Å². The molecule has 0 spiro atoms. The molecule has 0 heterocycles. The van der Waals surface area contributed by atoms with Gasteiger partial charge in [-0.2, -0.15) is 0 Å². The fourth-order valence-corrected chi connectivity index (χ4v) is 2.32. The summed E-state index contributed by atoms with van der Waals surface area (Å²) < 4.78 is 25.6. The minimum Gasteiger partial charge on any atom is -0.351 e. The quantitative estimate of drug-likeness (QED) is 0.264. The van der Waals surface area contributed by atoms with Crippen LogP contribution in [0, 0.1) is 0 Å². The minimum absolute atomic E-state index is 0.175. The summed E-state index contributed by atoms with van der Waals surface area (Å²) in [7, 11) is -0.644. The second-order valence-corrected chi connectivity index (χ2v) is 5.95. The maximum atomic E-state index is 11.4. The molecule has 0 aromatic heterocycles. The van der Waals surface area contributed by atoms with Gasteiger partial charge >= 0.3 is 14.7 Å². The molecular formula is C13H23N3O5P2. The van der Waals surface area contributed by atoms with Crippen LogP contribution >= 0.6 is 17.1 Å². The molecule has 0 radical (unpaired) electrons. The number of hydrogen-bond acceptors (Lipinski definition) is 5. The molecule has 1 unspecified atom stereocenters. The molecule has 1 atom stereocenters. The molecule has 0 saturated heterocycles. The highest BCUT2D eigenvalue weighted by Crippen LogP contribution is 2.20. The molecule has 0 aromatic rings. The van der Waals surface area contributed by atoms with Crippen LogP contribution in [0.5, 0.6) is 0 Å². The molecule has 0 aliphatic heterocycles. The van der Waals surface area contributed by atoms with Crippen molar-refractivity contribution in [3.8, 4) is 0 Å². The standard InChI is InChI=1S/C13H23N3O5P2/c1-10(2)12(17)14-8-9-16-13(18)15-7-5-3-4-6-11(22-19)21-23-20/h11H,1,3-9H2,2H3,(H,14,17)(H2,15,16,18). The van der Waals surface area contributed by atoms with Crippen LogP contribution in [-0.4, -0.2) is 37.4 Å². The first-order chi connectivity index (χ1) is 11.0. The Labute approximate surface area is 139 Å². The van der Waals surface area contributed by atoms with Gasteiger partial charge in [-0.05, 0) is 26.2 Å². The third-order valence-corrected chi connectivity index (χ3v) is 3.89. The van der Waals surface area contributed by atoms with E-state index in [0.717, 1.165) is 19.3 Å². The van der Waals surface area contributed by atoms with Crippen LogP contribution in [0.3, 0.4) is 0 Å². The van der Waals surface area contributed by atoms with E-state index in [4.69, 9.17) is 4.52 Å². The Balaban J connectivity index is 3.50. The second-order valence-electron chi connectivity index (χ2n) is 4.81. The van der Waals surface area contributed by atoms with Crippen molar-refractivity contribution in [1.29, 1.82) is 0 Å². The average Bonchev–Trinajstić information content (AvgIpc) is 2.53. The van der Waals surface area contributed by atoms with E-state index >= 15 is 0 Å². The summed E-state index contributed by atoms with van der Waals surface area (Å²) in [4.78, 5) is 22.6. The largest absolute Gasteiger partial charge is 0.351 e. The van der Waals surface area contributed by atoms with Gasteiger partial charge in [-0.15, -0.1) is 0 Å². The van der Waals surface area contributed by atoms with E-state index in [1.54, 1.807) is 6.92 Å². The van der Waals surface area contributed by atoms with Gasteiger partial charge in [0, 0.05) is 25.2 Å². The Hall–Kier alpha value is -1.36. The molecule has 130 valence electrons. The number of urea groups is 1. The average molecular weight is 363 g/mol. The summed E-state index contributed by atoms with van der Waals surface area (Å²) in [6.45, 7) is 6.31. The summed E-state index contributed by atoms with van der Waals surface area (Å²) >= 11 is 0. The summed E-state index contributed by atoms with van der Waals surface area (Å²) in [5.74, 6) is -0.775. The Bertz CT molecular complexity index is 420. The lowest BCUT2D eigenvalue weighted by Gasteiger charge is -2.09. The first-order valence-corrected chi connectivity index (χ1v) is 8.88. The van der Waals surface area contributed by atoms with Crippen LogP contribution in [0.1, 0.15) is 32.6 Å². The molecule has 0 saturated carbocycles. The number of nitrogens with one attached hydrogen (secondary N) is 3. The smallest absolute Gasteiger partial charge is 0.328 e. The molecule has 0 aromatic carbocycles. The zero-order valence-corrected chi connectivity index (χ0v) is 15.0. The highest BCUT2D eigenvalue weighted by Gasteiger charge is 2.08.